The number of carbonyl (C=O) groups excluding carboxylic acids is 1. The molecule has 27 heavy (non-hydrogen) atoms. The molecule has 0 aliphatic carbocycles. The van der Waals surface area contributed by atoms with E-state index in [1.54, 1.807) is 25.2 Å². The third-order valence-corrected chi connectivity index (χ3v) is 3.58. The van der Waals surface area contributed by atoms with E-state index >= 15 is 0 Å². The first-order chi connectivity index (χ1) is 12.6. The number of ether oxygens (including phenoxy) is 1. The van der Waals surface area contributed by atoms with Crippen molar-refractivity contribution in [3.8, 4) is 5.75 Å². The molecule has 0 spiro atoms. The predicted octanol–water partition coefficient (Wildman–Crippen LogP) is 2.22. The fraction of sp³-hybridized carbons (Fsp3) is 0.263. The number of hydrogen-bond donors (Lipinski definition) is 3. The summed E-state index contributed by atoms with van der Waals surface area (Å²) in [5.74, 6) is 0.495. The van der Waals surface area contributed by atoms with Gasteiger partial charge < -0.3 is 21.1 Å². The molecule has 0 unspecified atom stereocenters. The second-order valence-corrected chi connectivity index (χ2v) is 5.63. The van der Waals surface area contributed by atoms with Crippen LogP contribution in [0.5, 0.6) is 5.75 Å². The first kappa shape index (κ1) is 22.7. The summed E-state index contributed by atoms with van der Waals surface area (Å²) in [5.41, 5.74) is 7.00. The summed E-state index contributed by atoms with van der Waals surface area (Å²) in [6.45, 7) is 1.04. The van der Waals surface area contributed by atoms with Crippen LogP contribution < -0.4 is 21.1 Å². The third-order valence-electron chi connectivity index (χ3n) is 3.58. The Labute approximate surface area is 175 Å². The van der Waals surface area contributed by atoms with Gasteiger partial charge in [0.05, 0.1) is 0 Å². The molecule has 0 saturated heterocycles. The highest BCUT2D eigenvalue weighted by Crippen LogP contribution is 2.12. The van der Waals surface area contributed by atoms with Crippen LogP contribution in [0.25, 0.3) is 0 Å². The number of nitrogens with two attached hydrogens (primary N) is 1. The Morgan fingerprint density at radius 2 is 1.89 bits per heavy atom. The van der Waals surface area contributed by atoms with E-state index in [4.69, 9.17) is 10.5 Å². The highest BCUT2D eigenvalue weighted by atomic mass is 127. The van der Waals surface area contributed by atoms with Crippen LogP contribution in [0.2, 0.25) is 0 Å². The van der Waals surface area contributed by atoms with Crippen molar-refractivity contribution in [1.82, 2.24) is 10.6 Å². The Morgan fingerprint density at radius 1 is 1.15 bits per heavy atom. The minimum absolute atomic E-state index is 0. The zero-order valence-electron chi connectivity index (χ0n) is 15.1. The van der Waals surface area contributed by atoms with Crippen LogP contribution in [0.15, 0.2) is 53.5 Å². The van der Waals surface area contributed by atoms with Crippen molar-refractivity contribution < 1.29 is 13.9 Å². The maximum Gasteiger partial charge on any atom is 0.255 e. The van der Waals surface area contributed by atoms with E-state index in [9.17, 15) is 9.18 Å². The van der Waals surface area contributed by atoms with Crippen molar-refractivity contribution in [1.29, 1.82) is 0 Å². The van der Waals surface area contributed by atoms with Gasteiger partial charge in [-0.3, -0.25) is 9.79 Å². The summed E-state index contributed by atoms with van der Waals surface area (Å²) in [7, 11) is 1.69. The molecule has 0 fully saturated rings. The summed E-state index contributed by atoms with van der Waals surface area (Å²) >= 11 is 0. The molecular weight excluding hydrogens is 462 g/mol. The molecule has 0 radical (unpaired) electrons. The molecule has 0 bridgehead atoms. The SMILES string of the molecule is CN=C(NCCc1ccc(OCC(N)=O)cc1)NCc1cccc(F)c1.I. The molecule has 2 rings (SSSR count). The van der Waals surface area contributed by atoms with E-state index in [1.807, 2.05) is 18.2 Å². The maximum absolute atomic E-state index is 13.2. The quantitative estimate of drug-likeness (QED) is 0.304. The van der Waals surface area contributed by atoms with E-state index in [1.165, 1.54) is 12.1 Å². The van der Waals surface area contributed by atoms with Crippen molar-refractivity contribution in [2.24, 2.45) is 10.7 Å². The van der Waals surface area contributed by atoms with Gasteiger partial charge in [-0.2, -0.15) is 0 Å². The third kappa shape index (κ3) is 8.72. The van der Waals surface area contributed by atoms with Gasteiger partial charge in [-0.1, -0.05) is 24.3 Å². The number of halogens is 2. The molecule has 2 aromatic carbocycles. The minimum atomic E-state index is -0.504. The minimum Gasteiger partial charge on any atom is -0.484 e. The Morgan fingerprint density at radius 3 is 2.52 bits per heavy atom. The van der Waals surface area contributed by atoms with Crippen LogP contribution in [-0.2, 0) is 17.8 Å². The monoisotopic (exact) mass is 486 g/mol. The first-order valence-electron chi connectivity index (χ1n) is 8.26. The smallest absolute Gasteiger partial charge is 0.255 e. The number of benzene rings is 2. The average molecular weight is 486 g/mol. The molecule has 0 aromatic heterocycles. The number of nitrogens with zero attached hydrogens (tertiary/aromatic N) is 1. The van der Waals surface area contributed by atoms with Crippen molar-refractivity contribution in [2.45, 2.75) is 13.0 Å². The number of carbonyl (C=O) groups is 1. The topological polar surface area (TPSA) is 88.7 Å². The molecule has 1 amide bonds. The first-order valence-corrected chi connectivity index (χ1v) is 8.26. The Bertz CT molecular complexity index is 754. The predicted molar refractivity (Wildman–Crippen MR) is 115 cm³/mol. The van der Waals surface area contributed by atoms with E-state index in [-0.39, 0.29) is 36.4 Å². The van der Waals surface area contributed by atoms with Crippen LogP contribution in [-0.4, -0.2) is 32.1 Å². The fourth-order valence-corrected chi connectivity index (χ4v) is 2.29. The summed E-state index contributed by atoms with van der Waals surface area (Å²) in [6.07, 6.45) is 0.788. The zero-order valence-corrected chi connectivity index (χ0v) is 17.4. The standard InChI is InChI=1S/C19H23FN4O2.HI/c1-22-19(24-12-15-3-2-4-16(20)11-15)23-10-9-14-5-7-17(8-6-14)26-13-18(21)25;/h2-8,11H,9-10,12-13H2,1H3,(H2,21,25)(H2,22,23,24);1H. The number of amides is 1. The van der Waals surface area contributed by atoms with E-state index in [2.05, 4.69) is 15.6 Å². The van der Waals surface area contributed by atoms with Gasteiger partial charge in [0.15, 0.2) is 12.6 Å². The number of hydrogen-bond acceptors (Lipinski definition) is 3. The molecule has 2 aromatic rings. The molecule has 6 nitrogen and oxygen atoms in total. The van der Waals surface area contributed by atoms with Crippen LogP contribution in [0.4, 0.5) is 4.39 Å². The molecule has 4 N–H and O–H groups in total. The summed E-state index contributed by atoms with van der Waals surface area (Å²) in [4.78, 5) is 14.8. The van der Waals surface area contributed by atoms with Crippen LogP contribution >= 0.6 is 24.0 Å². The molecule has 0 heterocycles. The van der Waals surface area contributed by atoms with Gasteiger partial charge >= 0.3 is 0 Å². The Hall–Kier alpha value is -2.36. The molecule has 146 valence electrons. The molecule has 8 heteroatoms. The summed E-state index contributed by atoms with van der Waals surface area (Å²) < 4.78 is 18.4. The number of guanidine groups is 1. The van der Waals surface area contributed by atoms with Crippen LogP contribution in [0.3, 0.4) is 0 Å². The van der Waals surface area contributed by atoms with E-state index in [0.717, 1.165) is 17.5 Å². The normalized spacial score (nSPS) is 10.7. The van der Waals surface area contributed by atoms with Gasteiger partial charge in [0.2, 0.25) is 0 Å². The van der Waals surface area contributed by atoms with Crippen LogP contribution in [0.1, 0.15) is 11.1 Å². The molecular formula is C19H24FIN4O2. The second-order valence-electron chi connectivity index (χ2n) is 5.63. The van der Waals surface area contributed by atoms with Gasteiger partial charge in [-0.25, -0.2) is 4.39 Å². The molecule has 0 aliphatic heterocycles. The number of aliphatic imine (C=N–C) groups is 1. The van der Waals surface area contributed by atoms with Crippen molar-refractivity contribution in [3.05, 3.63) is 65.5 Å². The number of nitrogens with one attached hydrogen (secondary N) is 2. The Kier molecular flexibility index (Phi) is 10.2. The lowest BCUT2D eigenvalue weighted by Crippen LogP contribution is -2.37. The lowest BCUT2D eigenvalue weighted by molar-refractivity contribution is -0.119. The largest absolute Gasteiger partial charge is 0.484 e. The second kappa shape index (κ2) is 12.1. The molecule has 0 atom stereocenters. The van der Waals surface area contributed by atoms with Gasteiger partial charge in [-0.05, 0) is 41.8 Å². The fourth-order valence-electron chi connectivity index (χ4n) is 2.29. The van der Waals surface area contributed by atoms with Gasteiger partial charge in [0.1, 0.15) is 11.6 Å². The summed E-state index contributed by atoms with van der Waals surface area (Å²) in [5, 5.41) is 6.35. The average Bonchev–Trinajstić information content (AvgIpc) is 2.64. The van der Waals surface area contributed by atoms with Gasteiger partial charge in [0, 0.05) is 20.1 Å². The number of rotatable bonds is 8. The zero-order chi connectivity index (χ0) is 18.8. The van der Waals surface area contributed by atoms with Crippen molar-refractivity contribution >= 4 is 35.8 Å². The highest BCUT2D eigenvalue weighted by molar-refractivity contribution is 14.0. The molecule has 0 aliphatic rings. The van der Waals surface area contributed by atoms with Gasteiger partial charge in [0.25, 0.3) is 5.91 Å². The van der Waals surface area contributed by atoms with Crippen LogP contribution in [0, 0.1) is 5.82 Å². The lowest BCUT2D eigenvalue weighted by Gasteiger charge is -2.12. The Balaban J connectivity index is 0.00000364. The van der Waals surface area contributed by atoms with E-state index in [0.29, 0.717) is 24.8 Å². The molecule has 0 saturated carbocycles. The maximum atomic E-state index is 13.2. The van der Waals surface area contributed by atoms with Gasteiger partial charge in [-0.15, -0.1) is 24.0 Å². The highest BCUT2D eigenvalue weighted by Gasteiger charge is 2.01. The van der Waals surface area contributed by atoms with E-state index < -0.39 is 5.91 Å². The lowest BCUT2D eigenvalue weighted by atomic mass is 10.1. The number of primary amides is 1. The van der Waals surface area contributed by atoms with Crippen molar-refractivity contribution in [2.75, 3.05) is 20.2 Å². The van der Waals surface area contributed by atoms with Crippen molar-refractivity contribution in [3.63, 3.8) is 0 Å². The summed E-state index contributed by atoms with van der Waals surface area (Å²) in [6, 6.07) is 13.9.